The van der Waals surface area contributed by atoms with Gasteiger partial charge < -0.3 is 106 Å². The number of hydrogen-bond acceptors (Lipinski definition) is 33. The Morgan fingerprint density at radius 2 is 0.601 bits per heavy atom. The number of alkyl carbamates (subject to hydrolysis) is 4. The molecule has 47 heteroatoms. The summed E-state index contributed by atoms with van der Waals surface area (Å²) in [6.07, 6.45) is 17.0. The number of amides is 6. The third-order valence-corrected chi connectivity index (χ3v) is 27.1. The molecule has 23 N–H and O–H groups in total. The normalized spacial score (nSPS) is 18.8. The van der Waals surface area contributed by atoms with Crippen molar-refractivity contribution in [3.8, 4) is 18.2 Å². The molecule has 4 heterocycles. The minimum absolute atomic E-state index is 0.00970. The number of benzene rings is 5. The summed E-state index contributed by atoms with van der Waals surface area (Å²) in [6.45, 7) is 29.4. The van der Waals surface area contributed by atoms with Crippen molar-refractivity contribution in [3.63, 3.8) is 0 Å². The van der Waals surface area contributed by atoms with Gasteiger partial charge in [-0.15, -0.1) is 0 Å². The molecule has 806 valence electrons. The predicted molar refractivity (Wildman–Crippen MR) is 576 cm³/mol. The van der Waals surface area contributed by atoms with Crippen molar-refractivity contribution in [1.29, 1.82) is 15.8 Å². The van der Waals surface area contributed by atoms with Gasteiger partial charge in [0.05, 0.1) is 109 Å². The quantitative estimate of drug-likeness (QED) is 0.0111. The van der Waals surface area contributed by atoms with Crippen molar-refractivity contribution in [2.45, 2.75) is 322 Å². The van der Waals surface area contributed by atoms with Gasteiger partial charge in [-0.25, -0.2) is 45.5 Å². The second-order valence-electron chi connectivity index (χ2n) is 39.8. The van der Waals surface area contributed by atoms with Gasteiger partial charge in [-0.1, -0.05) is 64.2 Å². The van der Waals surface area contributed by atoms with Crippen LogP contribution in [0.1, 0.15) is 272 Å². The second-order valence-corrected chi connectivity index (χ2v) is 44.7. The summed E-state index contributed by atoms with van der Waals surface area (Å²) in [7, 11) is 0. The Morgan fingerprint density at radius 3 is 0.899 bits per heavy atom. The first-order chi connectivity index (χ1) is 69.6. The third-order valence-electron chi connectivity index (χ3n) is 22.7. The number of aryl methyl sites for hydroxylation is 4. The molecule has 9 aromatic rings. The van der Waals surface area contributed by atoms with E-state index in [4.69, 9.17) is 68.7 Å². The van der Waals surface area contributed by atoms with Crippen molar-refractivity contribution in [3.05, 3.63) is 179 Å². The molecule has 35 nitrogen and oxygen atoms in total. The van der Waals surface area contributed by atoms with E-state index in [1.807, 2.05) is 126 Å². The highest BCUT2D eigenvalue weighted by Gasteiger charge is 2.35. The summed E-state index contributed by atoms with van der Waals surface area (Å²) >= 11 is 11.3. The number of nitrogens with zero attached hydrogens (tertiary/aromatic N) is 7. The zero-order valence-corrected chi connectivity index (χ0v) is 92.1. The lowest BCUT2D eigenvalue weighted by atomic mass is 9.90. The minimum Gasteiger partial charge on any atom is -0.444 e. The molecule has 0 spiro atoms. The molecule has 6 amide bonds. The molecular weight excluding hydrogens is 2130 g/mol. The van der Waals surface area contributed by atoms with E-state index in [-0.39, 0.29) is 110 Å². The van der Waals surface area contributed by atoms with Gasteiger partial charge in [-0.3, -0.25) is 20.1 Å². The number of carbonyl (C=O) groups excluding carboxylic acids is 6. The molecule has 10 atom stereocenters. The fraction of sp³-hybridized carbons (Fsp3) is 0.495. The number of nitrogens with two attached hydrogens (primary N) is 5. The largest absolute Gasteiger partial charge is 0.444 e. The Morgan fingerprint density at radius 1 is 0.345 bits per heavy atom. The molecular formula is C101H135Br2F6N23O12S4. The van der Waals surface area contributed by atoms with Crippen LogP contribution in [0.3, 0.4) is 0 Å². The average molecular weight is 2270 g/mol. The van der Waals surface area contributed by atoms with E-state index >= 15 is 0 Å². The fourth-order valence-electron chi connectivity index (χ4n) is 16.0. The lowest BCUT2D eigenvalue weighted by Crippen LogP contribution is -2.50. The zero-order chi connectivity index (χ0) is 110. The maximum Gasteiger partial charge on any atom is 0.407 e. The number of nitrogen functional groups attached to an aromatic ring is 1. The van der Waals surface area contributed by atoms with Crippen molar-refractivity contribution < 1.29 is 84.6 Å². The van der Waals surface area contributed by atoms with Gasteiger partial charge in [0.2, 0.25) is 0 Å². The molecule has 0 saturated heterocycles. The summed E-state index contributed by atoms with van der Waals surface area (Å²) < 4.78 is 122. The highest BCUT2D eigenvalue weighted by molar-refractivity contribution is 9.10. The Bertz CT molecular complexity index is 6040. The van der Waals surface area contributed by atoms with Crippen LogP contribution in [0.2, 0.25) is 0 Å². The number of aromatic nitrogens is 4. The zero-order valence-electron chi connectivity index (χ0n) is 85.6. The highest BCUT2D eigenvalue weighted by Crippen LogP contribution is 2.38. The van der Waals surface area contributed by atoms with E-state index in [0.29, 0.717) is 37.9 Å². The Kier molecular flexibility index (Phi) is 48.3. The summed E-state index contributed by atoms with van der Waals surface area (Å²) in [6, 6.07) is 25.0. The minimum atomic E-state index is -1.01. The molecule has 5 aliphatic carbocycles. The summed E-state index contributed by atoms with van der Waals surface area (Å²) in [4.78, 5) is 71.6. The van der Waals surface area contributed by atoms with E-state index in [1.165, 1.54) is 64.3 Å². The molecule has 148 heavy (non-hydrogen) atoms. The number of nitrogens with one attached hydrogen (secondary N) is 11. The first kappa shape index (κ1) is 123. The van der Waals surface area contributed by atoms with Crippen molar-refractivity contribution in [2.24, 2.45) is 22.9 Å². The maximum atomic E-state index is 14.9. The molecule has 0 unspecified atom stereocenters. The van der Waals surface area contributed by atoms with Crippen molar-refractivity contribution in [1.82, 2.24) is 38.8 Å². The van der Waals surface area contributed by atoms with E-state index in [0.717, 1.165) is 190 Å². The number of ether oxygens (including phenoxy) is 4. The van der Waals surface area contributed by atoms with Gasteiger partial charge >= 0.3 is 24.4 Å². The van der Waals surface area contributed by atoms with Crippen LogP contribution >= 0.6 is 78.0 Å². The summed E-state index contributed by atoms with van der Waals surface area (Å²) in [5.74, 6) is -5.50. The molecule has 5 fully saturated rings. The SMILES string of the molecule is CC(C)(C)OC(=O)N[C@H]1CCCC[C@H]1N.CC(C)(C)OC(=O)N[C@H]1CCCC[C@H]1Nc1cc(Br)c(C#N)cc1F.Cc1cc(N)sn1.Cc1cc(Nc2cc(N[C@@H]3CCCC[C@@H]3N)c(F)cc2C(N)=O)sn1.Cc1cc(Nc2cc(N[C@@H]3CCCC[C@@H]3NC(=O)OC(C)(C)C)c(F)cc2C#N)sn1.Cc1cc(Nc2cc(N[C@@H]3CCCC[C@@H]3NC(=O)OC(C)(C)C)c(F)cc2C(N)=O)sn1.N#Cc1cc(F)c(F)cc1Br.OO. The van der Waals surface area contributed by atoms with Crippen LogP contribution in [-0.4, -0.2) is 147 Å². The van der Waals surface area contributed by atoms with Gasteiger partial charge in [0.1, 0.15) is 83.9 Å². The van der Waals surface area contributed by atoms with E-state index < -0.39 is 87.4 Å². The predicted octanol–water partition coefficient (Wildman–Crippen LogP) is 23.4. The number of rotatable bonds is 20. The molecule has 0 bridgehead atoms. The number of halogens is 8. The fourth-order valence-corrected chi connectivity index (χ4v) is 19.4. The Hall–Kier alpha value is -12.1. The molecule has 5 aromatic carbocycles. The molecule has 14 rings (SSSR count). The van der Waals surface area contributed by atoms with Crippen molar-refractivity contribution >= 4 is 174 Å². The van der Waals surface area contributed by atoms with Crippen LogP contribution in [0.4, 0.5) is 105 Å². The molecule has 5 saturated carbocycles. The molecule has 0 radical (unpaired) electrons. The van der Waals surface area contributed by atoms with Crippen LogP contribution in [-0.2, 0) is 18.9 Å². The maximum absolute atomic E-state index is 14.9. The summed E-state index contributed by atoms with van der Waals surface area (Å²) in [5, 5.41) is 75.5. The van der Waals surface area contributed by atoms with Crippen LogP contribution in [0.15, 0.2) is 93.9 Å². The number of primary amides is 2. The monoisotopic (exact) mass is 2260 g/mol. The Balaban J connectivity index is 0.000000242. The second kappa shape index (κ2) is 58.2. The molecule has 5 aliphatic rings. The smallest absolute Gasteiger partial charge is 0.407 e. The van der Waals surface area contributed by atoms with Gasteiger partial charge in [0.15, 0.2) is 11.6 Å². The Labute approximate surface area is 892 Å². The first-order valence-electron chi connectivity index (χ1n) is 48.1. The standard InChI is InChI=1S/C22H30FN5O3S.C22H28FN5O2S.C18H23BrFN3O2.C17H22FN5OS.C11H22N2O2.C7H2BrF2N.C4H6N2S.H2O2/c1-12-9-19(32-28-12)26-17-11-18(14(23)10-13(17)20(24)29)25-15-7-5-6-8-16(15)27-21(30)31-22(2,3)4;1-13-9-20(31-28-13)26-18-11-19(15(23)10-14(18)12-24)25-16-7-5-6-8-17(16)27-21(29)30-22(2,3)4;1-18(2,3)25-17(24)23-15-7-5-4-6-14(15)22-16-9-12(19)11(10-21)8-13(16)20;1-9-6-16(25-23-9)22-14-8-15(11(18)7-10(14)17(20)24)21-13-5-3-2-4-12(13)19;1-11(2,3)15-10(14)13-9-7-5-4-6-8(9)12;8-5-2-7(10)6(9)1-4(5)3-11;1-3-2-4(5)7-6-3;1-2/h9-11,15-16,25-26H,5-8H2,1-4H3,(H2,24,29)(H,27,30);9-11,16-17,25-26H,5-8H2,1-4H3,(H,27,29);8-9,14-15,22H,4-7H2,1-3H3,(H,23,24);6-8,12-13,21-22H,2-5,19H2,1H3,(H2,20,24);8-9H,4-7,12H2,1-3H3,(H,13,14);1-2H;2H,5H2,1H3;1-2H/t15-,16+;16-,17+;14-,15+;12-,13+;8-,9+;;;/m11101.../s1. The first-order valence-corrected chi connectivity index (χ1v) is 52.8. The summed E-state index contributed by atoms with van der Waals surface area (Å²) in [5.41, 5.74) is 32.8. The van der Waals surface area contributed by atoms with Crippen LogP contribution in [0, 0.1) is 96.6 Å². The van der Waals surface area contributed by atoms with Gasteiger partial charge in [0.25, 0.3) is 11.8 Å². The number of carbonyl (C=O) groups is 6. The van der Waals surface area contributed by atoms with Gasteiger partial charge in [0, 0.05) is 51.2 Å². The highest BCUT2D eigenvalue weighted by atomic mass is 79.9. The molecule has 4 aromatic heterocycles. The van der Waals surface area contributed by atoms with E-state index in [1.54, 1.807) is 45.0 Å². The number of anilines is 11. The van der Waals surface area contributed by atoms with Crippen LogP contribution < -0.4 is 87.2 Å². The average Bonchev–Trinajstić information content (AvgIpc) is 1.17. The molecule has 0 aliphatic heterocycles. The van der Waals surface area contributed by atoms with E-state index in [2.05, 4.69) is 108 Å². The number of hydrogen-bond donors (Lipinski definition) is 18. The van der Waals surface area contributed by atoms with E-state index in [9.17, 15) is 60.4 Å². The van der Waals surface area contributed by atoms with Crippen molar-refractivity contribution in [2.75, 3.05) is 43.0 Å². The van der Waals surface area contributed by atoms with Crippen LogP contribution in [0.25, 0.3) is 0 Å². The van der Waals surface area contributed by atoms with Crippen LogP contribution in [0.5, 0.6) is 0 Å². The lowest BCUT2D eigenvalue weighted by Gasteiger charge is -2.34. The van der Waals surface area contributed by atoms with Gasteiger partial charge in [-0.2, -0.15) is 33.3 Å². The number of nitriles is 3. The van der Waals surface area contributed by atoms with Gasteiger partial charge in [-0.05, 0) is 338 Å². The third kappa shape index (κ3) is 42.1. The topological polar surface area (TPSA) is 565 Å². The lowest BCUT2D eigenvalue weighted by molar-refractivity contribution is -0.176.